The van der Waals surface area contributed by atoms with Crippen molar-refractivity contribution in [3.63, 3.8) is 0 Å². The largest absolute Gasteiger partial charge is 2.00 e. The molecule has 0 aliphatic heterocycles. The number of hydrogen-bond acceptors (Lipinski definition) is 6. The quantitative estimate of drug-likeness (QED) is 0.228. The predicted octanol–water partition coefficient (Wildman–Crippen LogP) is -0.889. The molecular formula is HClN2O4SZn. The van der Waals surface area contributed by atoms with Gasteiger partial charge in [-0.3, -0.25) is 8.42 Å². The minimum Gasteiger partial charge on any atom is -0.759 e. The molecule has 0 saturated carbocycles. The van der Waals surface area contributed by atoms with Crippen LogP contribution in [0.1, 0.15) is 0 Å². The maximum absolute atomic E-state index is 8.52. The van der Waals surface area contributed by atoms with Crippen molar-refractivity contribution in [2.75, 3.05) is 0 Å². The Labute approximate surface area is 70.8 Å². The van der Waals surface area contributed by atoms with E-state index in [0.717, 1.165) is 0 Å². The van der Waals surface area contributed by atoms with Crippen LogP contribution in [0.4, 0.5) is 0 Å². The molecule has 9 heavy (non-hydrogen) atoms. The molecule has 0 heterocycles. The van der Waals surface area contributed by atoms with Crippen LogP contribution in [0.3, 0.4) is 0 Å². The van der Waals surface area contributed by atoms with Crippen LogP contribution in [-0.4, -0.2) is 17.5 Å². The molecule has 0 radical (unpaired) electrons. The Bertz CT molecular complexity index is 130. The summed E-state index contributed by atoms with van der Waals surface area (Å²) >= 11 is 0. The standard InChI is InChI=1S/ClH.N2.H2O4S.Zn/c;1-2;1-5(2,3)4;/h1H;;(H2,1,2,3,4);/q;;;+2/p-2. The zero-order valence-electron chi connectivity index (χ0n) is 4.05. The minimum absolute atomic E-state index is 0. The van der Waals surface area contributed by atoms with Crippen molar-refractivity contribution in [3.05, 3.63) is 0 Å². The Balaban J connectivity index is -0.0000000286. The van der Waals surface area contributed by atoms with Crippen LogP contribution < -0.4 is 0 Å². The first-order valence-electron chi connectivity index (χ1n) is 0.867. The van der Waals surface area contributed by atoms with Crippen molar-refractivity contribution < 1.29 is 37.0 Å². The summed E-state index contributed by atoms with van der Waals surface area (Å²) in [5, 5.41) is 12.0. The van der Waals surface area contributed by atoms with E-state index >= 15 is 0 Å². The Morgan fingerprint density at radius 2 is 1.11 bits per heavy atom. The van der Waals surface area contributed by atoms with Crippen LogP contribution >= 0.6 is 12.4 Å². The topological polar surface area (TPSA) is 128 Å². The molecule has 0 spiro atoms. The minimum atomic E-state index is -5.17. The molecule has 0 unspecified atom stereocenters. The van der Waals surface area contributed by atoms with Gasteiger partial charge < -0.3 is 9.11 Å². The first-order chi connectivity index (χ1) is 3.00. The maximum atomic E-state index is 8.52. The van der Waals surface area contributed by atoms with E-state index in [-0.39, 0.29) is 31.9 Å². The van der Waals surface area contributed by atoms with E-state index in [1.807, 2.05) is 0 Å². The SMILES string of the molecule is Cl.N#N.O=S(=O)([O-])[O-].[Zn+2]. The fraction of sp³-hybridized carbons (Fsp3) is 0. The van der Waals surface area contributed by atoms with Crippen molar-refractivity contribution in [1.29, 1.82) is 10.8 Å². The second-order valence-corrected chi connectivity index (χ2v) is 1.22. The zero-order chi connectivity index (χ0) is 6.50. The summed E-state index contributed by atoms with van der Waals surface area (Å²) in [5.74, 6) is 0. The van der Waals surface area contributed by atoms with Gasteiger partial charge in [0.25, 0.3) is 0 Å². The van der Waals surface area contributed by atoms with E-state index in [0.29, 0.717) is 0 Å². The average Bonchev–Trinajstić information content (AvgIpc) is 1.36. The first-order valence-corrected chi connectivity index (χ1v) is 2.20. The van der Waals surface area contributed by atoms with Gasteiger partial charge in [-0.05, 0) is 0 Å². The van der Waals surface area contributed by atoms with Crippen LogP contribution in [0, 0.1) is 10.8 Å². The maximum Gasteiger partial charge on any atom is 2.00 e. The fourth-order valence-electron chi connectivity index (χ4n) is 0. The van der Waals surface area contributed by atoms with Gasteiger partial charge >= 0.3 is 19.5 Å². The molecule has 0 rings (SSSR count). The summed E-state index contributed by atoms with van der Waals surface area (Å²) in [6, 6.07) is 0. The summed E-state index contributed by atoms with van der Waals surface area (Å²) in [6.45, 7) is 0. The molecule has 0 aliphatic carbocycles. The van der Waals surface area contributed by atoms with Gasteiger partial charge in [-0.25, -0.2) is 0 Å². The van der Waals surface area contributed by atoms with Gasteiger partial charge in [-0.15, -0.1) is 12.4 Å². The van der Waals surface area contributed by atoms with Crippen molar-refractivity contribution in [3.8, 4) is 0 Å². The van der Waals surface area contributed by atoms with Crippen LogP contribution in [-0.2, 0) is 29.9 Å². The van der Waals surface area contributed by atoms with E-state index in [2.05, 4.69) is 0 Å². The fourth-order valence-corrected chi connectivity index (χ4v) is 0. The van der Waals surface area contributed by atoms with Gasteiger partial charge in [-0.2, -0.15) is 0 Å². The van der Waals surface area contributed by atoms with E-state index in [1.165, 1.54) is 0 Å². The van der Waals surface area contributed by atoms with Crippen LogP contribution in [0.15, 0.2) is 0 Å². The van der Waals surface area contributed by atoms with Crippen LogP contribution in [0.5, 0.6) is 0 Å². The van der Waals surface area contributed by atoms with Gasteiger partial charge in [0, 0.05) is 21.2 Å². The molecule has 0 bridgehead atoms. The molecule has 0 aliphatic rings. The molecule has 0 aromatic heterocycles. The molecule has 6 nitrogen and oxygen atoms in total. The molecule has 0 fully saturated rings. The van der Waals surface area contributed by atoms with E-state index < -0.39 is 10.4 Å². The van der Waals surface area contributed by atoms with Crippen molar-refractivity contribution in [1.82, 2.24) is 0 Å². The summed E-state index contributed by atoms with van der Waals surface area (Å²) in [4.78, 5) is 0. The van der Waals surface area contributed by atoms with E-state index in [9.17, 15) is 0 Å². The Morgan fingerprint density at radius 3 is 1.11 bits per heavy atom. The third-order valence-corrected chi connectivity index (χ3v) is 0. The van der Waals surface area contributed by atoms with Gasteiger partial charge in [-0.1, -0.05) is 0 Å². The summed E-state index contributed by atoms with van der Waals surface area (Å²) < 4.78 is 34.1. The third-order valence-electron chi connectivity index (χ3n) is 0. The Hall–Kier alpha value is 0.203. The van der Waals surface area contributed by atoms with Gasteiger partial charge in [0.15, 0.2) is 0 Å². The second kappa shape index (κ2) is 11.1. The predicted molar refractivity (Wildman–Crippen MR) is 21.2 cm³/mol. The summed E-state index contributed by atoms with van der Waals surface area (Å²) in [5.41, 5.74) is 0. The summed E-state index contributed by atoms with van der Waals surface area (Å²) in [6.07, 6.45) is 0. The average molecular weight is 226 g/mol. The normalized spacial score (nSPS) is 6.67. The van der Waals surface area contributed by atoms with Crippen LogP contribution in [0.25, 0.3) is 0 Å². The molecule has 0 saturated heterocycles. The van der Waals surface area contributed by atoms with E-state index in [1.54, 1.807) is 0 Å². The Morgan fingerprint density at radius 1 is 1.11 bits per heavy atom. The molecule has 0 amide bonds. The van der Waals surface area contributed by atoms with Crippen LogP contribution in [0.2, 0.25) is 0 Å². The first kappa shape index (κ1) is 22.9. The summed E-state index contributed by atoms with van der Waals surface area (Å²) in [7, 11) is -5.17. The van der Waals surface area contributed by atoms with Crippen molar-refractivity contribution in [2.24, 2.45) is 0 Å². The molecule has 0 N–H and O–H groups in total. The number of halogens is 1. The number of rotatable bonds is 0. The number of hydrogen-bond donors (Lipinski definition) is 0. The van der Waals surface area contributed by atoms with Crippen molar-refractivity contribution >= 4 is 22.8 Å². The molecule has 50 valence electrons. The van der Waals surface area contributed by atoms with E-state index in [4.69, 9.17) is 28.3 Å². The second-order valence-electron chi connectivity index (χ2n) is 0.408. The third kappa shape index (κ3) is 7630. The zero-order valence-corrected chi connectivity index (χ0v) is 8.65. The smallest absolute Gasteiger partial charge is 0.759 e. The molecular weight excluding hydrogens is 225 g/mol. The van der Waals surface area contributed by atoms with Crippen molar-refractivity contribution in [2.45, 2.75) is 0 Å². The molecule has 0 atom stereocenters. The Kier molecular flexibility index (Phi) is 28.1. The monoisotopic (exact) mass is 224 g/mol. The number of nitrogens with zero attached hydrogens (tertiary/aromatic N) is 2. The molecule has 9 heteroatoms. The van der Waals surface area contributed by atoms with Gasteiger partial charge in [0.05, 0.1) is 0 Å². The molecule has 0 aromatic carbocycles. The molecule has 0 aromatic rings. The van der Waals surface area contributed by atoms with Gasteiger partial charge in [0.2, 0.25) is 0 Å². The van der Waals surface area contributed by atoms with Gasteiger partial charge in [0.1, 0.15) is 0 Å².